The number of fused-ring (bicyclic) bond motifs is 4. The SMILES string of the molecule is CCOC(=O)c1cnn2c(-c3ccc(Cl)cc3)ccnc12.CCc1cc(C(=O)Cc2ccn(Cc3ccc(C)cc3)n2)no1.COc1ccc(-c2cn3cccc(C)c3n2)cc1.Cc1ccc(-c2nc3ccccc3c(=O)[nH]2)cc1.Cc1ccn2cc(-c3ccc(F)cc3)cc2c1.O=C(COc1ccccc1C(=O)N1CCOCC1)NCCc1ccccc1.O=C(Cc1cccc(O)c1)c1cc(-c2ccc(Cl)c(Cl)c2)on1. The number of ketones is 2. The fourth-order valence-corrected chi connectivity index (χ4v) is 15.9. The molecule has 0 saturated carbocycles. The summed E-state index contributed by atoms with van der Waals surface area (Å²) < 4.78 is 51.8. The number of amides is 2. The number of hydrogen-bond donors (Lipinski definition) is 3. The minimum absolute atomic E-state index is 0.0750. The van der Waals surface area contributed by atoms with E-state index in [1.54, 1.807) is 133 Å². The highest BCUT2D eigenvalue weighted by molar-refractivity contribution is 6.42. The van der Waals surface area contributed by atoms with Crippen LogP contribution in [0.4, 0.5) is 4.39 Å². The van der Waals surface area contributed by atoms with E-state index in [-0.39, 0.29) is 65.6 Å². The maximum atomic E-state index is 12.9. The monoisotopic (exact) mass is 2020 g/mol. The molecule has 10 aromatic heterocycles. The van der Waals surface area contributed by atoms with Gasteiger partial charge in [0.25, 0.3) is 17.4 Å². The highest BCUT2D eigenvalue weighted by Crippen LogP contribution is 2.32. The van der Waals surface area contributed by atoms with Crippen molar-refractivity contribution in [1.29, 1.82) is 0 Å². The smallest absolute Gasteiger partial charge is 0.343 e. The molecule has 0 aliphatic carbocycles. The number of Topliss-reactive ketones (excluding diaryl/α,β-unsaturated/α-hetero) is 2. The number of nitrogens with zero attached hydrogens (tertiary/aromatic N) is 12. The van der Waals surface area contributed by atoms with Crippen LogP contribution < -0.4 is 20.3 Å². The second kappa shape index (κ2) is 50.8. The Labute approximate surface area is 861 Å². The molecule has 10 aromatic carbocycles. The number of rotatable bonds is 24. The largest absolute Gasteiger partial charge is 0.508 e. The van der Waals surface area contributed by atoms with Crippen LogP contribution in [0.15, 0.2) is 354 Å². The molecular weight excluding hydrogens is 1920 g/mol. The average Bonchev–Trinajstić information content (AvgIpc) is 1.59. The van der Waals surface area contributed by atoms with Crippen molar-refractivity contribution in [3.8, 4) is 73.6 Å². The van der Waals surface area contributed by atoms with Crippen LogP contribution in [0.2, 0.25) is 15.1 Å². The van der Waals surface area contributed by atoms with Crippen LogP contribution in [0, 0.1) is 33.5 Å². The zero-order chi connectivity index (χ0) is 103. The number of carbonyl (C=O) groups excluding carboxylic acids is 5. The number of ether oxygens (including phenoxy) is 4. The van der Waals surface area contributed by atoms with Gasteiger partial charge in [0.2, 0.25) is 0 Å². The van der Waals surface area contributed by atoms with E-state index in [1.807, 2.05) is 171 Å². The fourth-order valence-electron chi connectivity index (χ4n) is 15.5. The first kappa shape index (κ1) is 104. The Morgan fingerprint density at radius 2 is 1.25 bits per heavy atom. The lowest BCUT2D eigenvalue weighted by Gasteiger charge is -2.27. The topological polar surface area (TPSA) is 325 Å². The van der Waals surface area contributed by atoms with Crippen molar-refractivity contribution in [2.75, 3.05) is 53.2 Å². The summed E-state index contributed by atoms with van der Waals surface area (Å²) in [4.78, 5) is 90.9. The predicted molar refractivity (Wildman–Crippen MR) is 568 cm³/mol. The van der Waals surface area contributed by atoms with Gasteiger partial charge in [-0.25, -0.2) is 28.7 Å². The second-order valence-electron chi connectivity index (χ2n) is 34.1. The Bertz CT molecular complexity index is 7960. The first-order valence-corrected chi connectivity index (χ1v) is 48.4. The first-order chi connectivity index (χ1) is 71.3. The molecule has 21 rings (SSSR count). The Balaban J connectivity index is 0.000000129. The molecule has 11 heterocycles. The maximum absolute atomic E-state index is 12.9. The van der Waals surface area contributed by atoms with Crippen molar-refractivity contribution in [3.63, 3.8) is 0 Å². The normalized spacial score (nSPS) is 11.4. The minimum atomic E-state index is -0.423. The van der Waals surface area contributed by atoms with Gasteiger partial charge in [-0.1, -0.05) is 209 Å². The van der Waals surface area contributed by atoms with Crippen molar-refractivity contribution in [2.24, 2.45) is 0 Å². The average molecular weight is 2030 g/mol. The van der Waals surface area contributed by atoms with Crippen molar-refractivity contribution in [3.05, 3.63) is 445 Å². The summed E-state index contributed by atoms with van der Waals surface area (Å²) in [5.74, 6) is 1.96. The first-order valence-electron chi connectivity index (χ1n) is 47.3. The number of carbonyl (C=O) groups is 5. The van der Waals surface area contributed by atoms with Gasteiger partial charge in [-0.3, -0.25) is 28.7 Å². The quantitative estimate of drug-likeness (QED) is 0.0374. The van der Waals surface area contributed by atoms with E-state index in [0.717, 1.165) is 85.9 Å². The Morgan fingerprint density at radius 3 is 1.98 bits per heavy atom. The number of benzene rings is 10. The van der Waals surface area contributed by atoms with Crippen LogP contribution in [0.3, 0.4) is 0 Å². The summed E-state index contributed by atoms with van der Waals surface area (Å²) in [5, 5.41) is 30.7. The van der Waals surface area contributed by atoms with Gasteiger partial charge in [0.05, 0.1) is 89.7 Å². The minimum Gasteiger partial charge on any atom is -0.508 e. The Hall–Kier alpha value is -17.1. The van der Waals surface area contributed by atoms with Gasteiger partial charge in [0.15, 0.2) is 35.3 Å². The van der Waals surface area contributed by atoms with Crippen molar-refractivity contribution < 1.29 is 61.5 Å². The number of morpholine rings is 1. The Morgan fingerprint density at radius 1 is 0.565 bits per heavy atom. The lowest BCUT2D eigenvalue weighted by atomic mass is 10.1. The van der Waals surface area contributed by atoms with E-state index in [4.69, 9.17) is 62.8 Å². The summed E-state index contributed by atoms with van der Waals surface area (Å²) in [7, 11) is 1.67. The van der Waals surface area contributed by atoms with E-state index >= 15 is 0 Å². The molecule has 2 amide bonds. The number of para-hydroxylation sites is 2. The molecule has 0 radical (unpaired) electrons. The number of H-pyrrole nitrogens is 1. The molecule has 744 valence electrons. The molecule has 27 nitrogen and oxygen atoms in total. The molecule has 3 N–H and O–H groups in total. The van der Waals surface area contributed by atoms with Crippen LogP contribution in [0.5, 0.6) is 17.2 Å². The summed E-state index contributed by atoms with van der Waals surface area (Å²) in [6, 6.07) is 91.5. The van der Waals surface area contributed by atoms with E-state index in [2.05, 4.69) is 130 Å². The number of hydrogen-bond acceptors (Lipinski definition) is 20. The summed E-state index contributed by atoms with van der Waals surface area (Å²) in [6.45, 7) is 15.6. The van der Waals surface area contributed by atoms with E-state index < -0.39 is 5.97 Å². The van der Waals surface area contributed by atoms with Crippen molar-refractivity contribution in [1.82, 2.24) is 68.7 Å². The number of imidazole rings is 1. The lowest BCUT2D eigenvalue weighted by molar-refractivity contribution is -0.123. The third kappa shape index (κ3) is 28.7. The van der Waals surface area contributed by atoms with Crippen LogP contribution in [-0.4, -0.2) is 151 Å². The molecule has 147 heavy (non-hydrogen) atoms. The number of phenols is 1. The van der Waals surface area contributed by atoms with Gasteiger partial charge in [-0.2, -0.15) is 10.2 Å². The van der Waals surface area contributed by atoms with Gasteiger partial charge < -0.3 is 57.1 Å². The molecule has 0 unspecified atom stereocenters. The van der Waals surface area contributed by atoms with Crippen LogP contribution in [0.1, 0.15) is 106 Å². The molecule has 0 bridgehead atoms. The van der Waals surface area contributed by atoms with Gasteiger partial charge in [-0.15, -0.1) is 0 Å². The number of aromatic hydroxyl groups is 1. The number of aryl methyl sites for hydroxylation is 5. The van der Waals surface area contributed by atoms with Crippen LogP contribution >= 0.6 is 34.8 Å². The van der Waals surface area contributed by atoms with Gasteiger partial charge >= 0.3 is 5.97 Å². The summed E-state index contributed by atoms with van der Waals surface area (Å²) >= 11 is 17.7. The molecule has 0 spiro atoms. The second-order valence-corrected chi connectivity index (χ2v) is 35.3. The maximum Gasteiger partial charge on any atom is 0.343 e. The molecule has 31 heteroatoms. The molecule has 0 atom stereocenters. The Kier molecular flexibility index (Phi) is 36.0. The third-order valence-corrected chi connectivity index (χ3v) is 24.3. The predicted octanol–water partition coefficient (Wildman–Crippen LogP) is 23.4. The van der Waals surface area contributed by atoms with Gasteiger partial charge in [-0.05, 0) is 214 Å². The summed E-state index contributed by atoms with van der Waals surface area (Å²) in [6.07, 6.45) is 15.0. The van der Waals surface area contributed by atoms with Crippen molar-refractivity contribution >= 4 is 91.9 Å². The molecule has 20 aromatic rings. The van der Waals surface area contributed by atoms with Crippen LogP contribution in [-0.2, 0) is 46.5 Å². The number of halogens is 4. The molecule has 1 aliphatic rings. The highest BCUT2D eigenvalue weighted by Gasteiger charge is 2.24. The number of nitrogens with one attached hydrogen (secondary N) is 2. The lowest BCUT2D eigenvalue weighted by Crippen LogP contribution is -2.40. The van der Waals surface area contributed by atoms with E-state index in [9.17, 15) is 38.3 Å². The standard InChI is InChI=1S/C21H24N2O4.C18H19N3O2.C17H11Cl2NO3.C15H12ClN3O2.C15H12FN.C15H14N2O.C15H12N2O/c24-20(22-11-10-17-6-2-1-3-7-17)16-27-19-9-5-4-8-18(19)21(25)23-12-14-26-15-13-23;1-3-16-11-17(20-23-16)18(22)10-15-8-9-21(19-15)12-14-6-4-13(2)5-7-14;18-13-5-4-11(8-14(13)19)17-9-15(20-23-17)16(22)7-10-2-1-3-12(21)6-10;1-2-21-15(20)12-9-18-19-13(7-8-17-14(12)19)10-3-5-11(16)6-4-10;1-11-6-7-17-10-13(9-15(17)8-11)12-2-4-14(16)5-3-12;1-11-4-3-9-17-10-14(16-15(11)17)12-5-7-13(18-2)8-6-12;1-10-6-8-11(9-7-10)14-16-13-5-3-2-4-12(13)15(18)17-14/h1-9H,10-16H2,(H,22,24);4-9,11H,3,10,12H2,1-2H3;1-6,8-9,21H,7H2;3-9H,2H2,1H3;2-10H,1H3;3-10H,1-2H3;2-9H,1H3,(H,16,17,18). The third-order valence-electron chi connectivity index (χ3n) is 23.3. The van der Waals surface area contributed by atoms with E-state index in [0.29, 0.717) is 117 Å². The number of esters is 1. The zero-order valence-electron chi connectivity index (χ0n) is 81.5. The molecule has 1 saturated heterocycles. The molecular formula is C116H104Cl3FN14O13. The van der Waals surface area contributed by atoms with E-state index in [1.165, 1.54) is 57.8 Å². The number of aromatic nitrogens is 12. The molecule has 1 fully saturated rings. The van der Waals surface area contributed by atoms with Gasteiger partial charge in [0, 0.05) is 120 Å². The van der Waals surface area contributed by atoms with Gasteiger partial charge in [0.1, 0.15) is 51.6 Å². The molecule has 1 aliphatic heterocycles. The summed E-state index contributed by atoms with van der Waals surface area (Å²) in [5.41, 5.74) is 20.9. The number of aromatic amines is 1. The number of methoxy groups -OCH3 is 1. The highest BCUT2D eigenvalue weighted by atomic mass is 35.5. The number of pyridine rings is 2. The zero-order valence-corrected chi connectivity index (χ0v) is 83.8. The van der Waals surface area contributed by atoms with Crippen molar-refractivity contribution in [2.45, 2.75) is 73.8 Å². The number of phenolic OH excluding ortho intramolecular Hbond substituents is 1. The fraction of sp³-hybridized carbons (Fsp3) is 0.164. The van der Waals surface area contributed by atoms with Crippen LogP contribution in [0.25, 0.3) is 84.1 Å².